The minimum atomic E-state index is 0.695. The molecule has 0 aliphatic heterocycles. The molecule has 0 radical (unpaired) electrons. The number of nitrogens with zero attached hydrogens (tertiary/aromatic N) is 2. The van der Waals surface area contributed by atoms with E-state index in [1.807, 2.05) is 24.0 Å². The van der Waals surface area contributed by atoms with E-state index >= 15 is 0 Å². The molecule has 1 aromatic rings. The van der Waals surface area contributed by atoms with E-state index in [-0.39, 0.29) is 0 Å². The summed E-state index contributed by atoms with van der Waals surface area (Å²) in [6.45, 7) is 1.77. The van der Waals surface area contributed by atoms with Gasteiger partial charge in [-0.1, -0.05) is 0 Å². The van der Waals surface area contributed by atoms with Crippen LogP contribution in [0.4, 0.5) is 0 Å². The zero-order chi connectivity index (χ0) is 8.10. The second-order valence-corrected chi connectivity index (χ2v) is 2.21. The van der Waals surface area contributed by atoms with E-state index in [0.717, 1.165) is 13.1 Å². The summed E-state index contributed by atoms with van der Waals surface area (Å²) < 4.78 is 1.83. The Balaban J connectivity index is 2.53. The molecule has 1 rings (SSSR count). The van der Waals surface area contributed by atoms with Crippen LogP contribution in [0.2, 0.25) is 0 Å². The smallest absolute Gasteiger partial charge is 0.134 e. The lowest BCUT2D eigenvalue weighted by Gasteiger charge is -1.97. The van der Waals surface area contributed by atoms with Crippen LogP contribution >= 0.6 is 0 Å². The van der Waals surface area contributed by atoms with Gasteiger partial charge in [-0.2, -0.15) is 5.10 Å². The second kappa shape index (κ2) is 3.79. The zero-order valence-corrected chi connectivity index (χ0v) is 6.54. The maximum absolute atomic E-state index is 5.15. The Hall–Kier alpha value is -1.27. The van der Waals surface area contributed by atoms with Crippen LogP contribution in [0, 0.1) is 12.3 Å². The molecule has 0 atom stereocenters. The predicted molar refractivity (Wildman–Crippen MR) is 44.1 cm³/mol. The number of terminal acetylenes is 1. The van der Waals surface area contributed by atoms with Gasteiger partial charge in [-0.25, -0.2) is 0 Å². The maximum atomic E-state index is 5.15. The van der Waals surface area contributed by atoms with Gasteiger partial charge in [0.2, 0.25) is 0 Å². The van der Waals surface area contributed by atoms with Gasteiger partial charge < -0.3 is 5.32 Å². The van der Waals surface area contributed by atoms with Gasteiger partial charge in [0, 0.05) is 12.7 Å². The van der Waals surface area contributed by atoms with Crippen LogP contribution in [0.15, 0.2) is 12.3 Å². The lowest BCUT2D eigenvalue weighted by atomic mass is 10.5. The van der Waals surface area contributed by atoms with Crippen molar-refractivity contribution >= 4 is 0 Å². The number of likely N-dealkylation sites (N-methyl/N-ethyl adjacent to an activating group) is 1. The first-order valence-corrected chi connectivity index (χ1v) is 3.51. The summed E-state index contributed by atoms with van der Waals surface area (Å²) >= 11 is 0. The SMILES string of the molecule is C#Cc1ccn(CCNC)n1. The first-order valence-electron chi connectivity index (χ1n) is 3.51. The molecule has 11 heavy (non-hydrogen) atoms. The van der Waals surface area contributed by atoms with E-state index in [4.69, 9.17) is 6.42 Å². The molecule has 0 bridgehead atoms. The summed E-state index contributed by atoms with van der Waals surface area (Å²) in [5.74, 6) is 2.47. The first-order chi connectivity index (χ1) is 5.36. The summed E-state index contributed by atoms with van der Waals surface area (Å²) in [7, 11) is 1.91. The van der Waals surface area contributed by atoms with Crippen LogP contribution < -0.4 is 5.32 Å². The van der Waals surface area contributed by atoms with Crippen molar-refractivity contribution in [3.05, 3.63) is 18.0 Å². The minimum Gasteiger partial charge on any atom is -0.318 e. The number of hydrogen-bond acceptors (Lipinski definition) is 2. The average Bonchev–Trinajstić information content (AvgIpc) is 2.48. The van der Waals surface area contributed by atoms with Gasteiger partial charge in [-0.15, -0.1) is 6.42 Å². The fourth-order valence-corrected chi connectivity index (χ4v) is 0.790. The zero-order valence-electron chi connectivity index (χ0n) is 6.54. The number of rotatable bonds is 3. The van der Waals surface area contributed by atoms with Gasteiger partial charge in [0.1, 0.15) is 5.69 Å². The lowest BCUT2D eigenvalue weighted by molar-refractivity contribution is 0.583. The van der Waals surface area contributed by atoms with Crippen molar-refractivity contribution in [2.24, 2.45) is 0 Å². The molecule has 0 fully saturated rings. The normalized spacial score (nSPS) is 9.45. The summed E-state index contributed by atoms with van der Waals surface area (Å²) in [5, 5.41) is 7.14. The van der Waals surface area contributed by atoms with Gasteiger partial charge in [0.25, 0.3) is 0 Å². The summed E-state index contributed by atoms with van der Waals surface area (Å²) in [5.41, 5.74) is 0.695. The average molecular weight is 149 g/mol. The third-order valence-corrected chi connectivity index (χ3v) is 1.38. The van der Waals surface area contributed by atoms with E-state index in [0.29, 0.717) is 5.69 Å². The third kappa shape index (κ3) is 2.10. The Labute approximate surface area is 66.4 Å². The number of aromatic nitrogens is 2. The first kappa shape index (κ1) is 7.83. The van der Waals surface area contributed by atoms with Crippen LogP contribution in [0.25, 0.3) is 0 Å². The quantitative estimate of drug-likeness (QED) is 0.617. The Morgan fingerprint density at radius 3 is 3.18 bits per heavy atom. The molecule has 58 valence electrons. The molecule has 3 heteroatoms. The summed E-state index contributed by atoms with van der Waals surface area (Å²) in [6.07, 6.45) is 7.03. The highest BCUT2D eigenvalue weighted by atomic mass is 15.3. The second-order valence-electron chi connectivity index (χ2n) is 2.21. The van der Waals surface area contributed by atoms with Crippen molar-refractivity contribution in [2.45, 2.75) is 6.54 Å². The van der Waals surface area contributed by atoms with Crippen LogP contribution in [-0.4, -0.2) is 23.4 Å². The Kier molecular flexibility index (Phi) is 2.70. The molecule has 0 saturated carbocycles. The molecule has 0 aliphatic rings. The molecule has 3 nitrogen and oxygen atoms in total. The summed E-state index contributed by atoms with van der Waals surface area (Å²) in [6, 6.07) is 1.83. The molecule has 1 N–H and O–H groups in total. The van der Waals surface area contributed by atoms with E-state index in [9.17, 15) is 0 Å². The van der Waals surface area contributed by atoms with Crippen LogP contribution in [0.5, 0.6) is 0 Å². The van der Waals surface area contributed by atoms with Crippen molar-refractivity contribution in [3.63, 3.8) is 0 Å². The minimum absolute atomic E-state index is 0.695. The van der Waals surface area contributed by atoms with Gasteiger partial charge in [-0.05, 0) is 19.0 Å². The van der Waals surface area contributed by atoms with E-state index < -0.39 is 0 Å². The fourth-order valence-electron chi connectivity index (χ4n) is 0.790. The molecular formula is C8H11N3. The largest absolute Gasteiger partial charge is 0.318 e. The van der Waals surface area contributed by atoms with Gasteiger partial charge in [0.05, 0.1) is 6.54 Å². The van der Waals surface area contributed by atoms with Crippen molar-refractivity contribution in [3.8, 4) is 12.3 Å². The van der Waals surface area contributed by atoms with Crippen molar-refractivity contribution in [2.75, 3.05) is 13.6 Å². The molecule has 0 amide bonds. The molecule has 0 unspecified atom stereocenters. The van der Waals surface area contributed by atoms with Crippen molar-refractivity contribution < 1.29 is 0 Å². The van der Waals surface area contributed by atoms with Crippen molar-refractivity contribution in [1.82, 2.24) is 15.1 Å². The Morgan fingerprint density at radius 1 is 1.82 bits per heavy atom. The molecule has 1 aromatic heterocycles. The van der Waals surface area contributed by atoms with E-state index in [2.05, 4.69) is 16.3 Å². The highest BCUT2D eigenvalue weighted by Gasteiger charge is 1.92. The highest BCUT2D eigenvalue weighted by molar-refractivity contribution is 5.21. The Morgan fingerprint density at radius 2 is 2.64 bits per heavy atom. The summed E-state index contributed by atoms with van der Waals surface area (Å²) in [4.78, 5) is 0. The fraction of sp³-hybridized carbons (Fsp3) is 0.375. The highest BCUT2D eigenvalue weighted by Crippen LogP contribution is 1.91. The topological polar surface area (TPSA) is 29.9 Å². The lowest BCUT2D eigenvalue weighted by Crippen LogP contribution is -2.15. The molecule has 0 spiro atoms. The monoisotopic (exact) mass is 149 g/mol. The molecule has 0 aliphatic carbocycles. The maximum Gasteiger partial charge on any atom is 0.134 e. The van der Waals surface area contributed by atoms with Gasteiger partial charge >= 0.3 is 0 Å². The molecule has 0 aromatic carbocycles. The number of hydrogen-bond donors (Lipinski definition) is 1. The Bertz CT molecular complexity index is 257. The predicted octanol–water partition coefficient (Wildman–Crippen LogP) is 0.0838. The van der Waals surface area contributed by atoms with Crippen molar-refractivity contribution in [1.29, 1.82) is 0 Å². The standard InChI is InChI=1S/C8H11N3/c1-3-8-4-6-11(10-8)7-5-9-2/h1,4,6,9H,5,7H2,2H3. The molecule has 1 heterocycles. The van der Waals surface area contributed by atoms with E-state index in [1.165, 1.54) is 0 Å². The molecular weight excluding hydrogens is 138 g/mol. The van der Waals surface area contributed by atoms with Crippen LogP contribution in [0.3, 0.4) is 0 Å². The molecule has 0 saturated heterocycles. The van der Waals surface area contributed by atoms with Crippen LogP contribution in [-0.2, 0) is 6.54 Å². The van der Waals surface area contributed by atoms with Gasteiger partial charge in [0.15, 0.2) is 0 Å². The van der Waals surface area contributed by atoms with E-state index in [1.54, 1.807) is 0 Å². The third-order valence-electron chi connectivity index (χ3n) is 1.38. The number of nitrogens with one attached hydrogen (secondary N) is 1. The van der Waals surface area contributed by atoms with Gasteiger partial charge in [-0.3, -0.25) is 4.68 Å². The van der Waals surface area contributed by atoms with Crippen LogP contribution in [0.1, 0.15) is 5.69 Å².